The quantitative estimate of drug-likeness (QED) is 0.862. The van der Waals surface area contributed by atoms with Crippen LogP contribution < -0.4 is 5.32 Å². The van der Waals surface area contributed by atoms with Gasteiger partial charge in [-0.15, -0.1) is 0 Å². The molecule has 0 radical (unpaired) electrons. The number of hydrogen-bond acceptors (Lipinski definition) is 2. The van der Waals surface area contributed by atoms with Gasteiger partial charge in [-0.05, 0) is 31.4 Å². The third-order valence-electron chi connectivity index (χ3n) is 3.67. The average molecular weight is 282 g/mol. The Hall–Kier alpha value is -1.00. The van der Waals surface area contributed by atoms with Crippen molar-refractivity contribution in [2.75, 3.05) is 19.6 Å². The van der Waals surface area contributed by atoms with E-state index in [2.05, 4.69) is 24.1 Å². The summed E-state index contributed by atoms with van der Waals surface area (Å²) in [7, 11) is 0. The van der Waals surface area contributed by atoms with Gasteiger partial charge in [0, 0.05) is 37.3 Å². The lowest BCUT2D eigenvalue weighted by molar-refractivity contribution is 0.213. The number of nitrogens with one attached hydrogen (secondary N) is 1. The topological polar surface area (TPSA) is 15.3 Å². The third-order valence-corrected chi connectivity index (χ3v) is 3.67. The Bertz CT molecular complexity index is 428. The highest BCUT2D eigenvalue weighted by atomic mass is 19.1. The zero-order valence-electron chi connectivity index (χ0n) is 12.3. The van der Waals surface area contributed by atoms with E-state index in [1.54, 1.807) is 6.07 Å². The molecule has 0 amide bonds. The molecule has 1 N–H and O–H groups in total. The molecule has 1 fully saturated rings. The lowest BCUT2D eigenvalue weighted by Gasteiger charge is -2.27. The molecule has 0 spiro atoms. The average Bonchev–Trinajstić information content (AvgIpc) is 2.84. The fourth-order valence-electron chi connectivity index (χ4n) is 2.84. The highest BCUT2D eigenvalue weighted by molar-refractivity contribution is 5.18. The summed E-state index contributed by atoms with van der Waals surface area (Å²) in [5, 5.41) is 3.47. The number of nitrogens with zero attached hydrogens (tertiary/aromatic N) is 1. The fraction of sp³-hybridized carbons (Fsp3) is 0.625. The zero-order valence-corrected chi connectivity index (χ0v) is 12.3. The molecule has 0 bridgehead atoms. The van der Waals surface area contributed by atoms with E-state index >= 15 is 0 Å². The molecule has 0 saturated carbocycles. The molecule has 2 nitrogen and oxygen atoms in total. The lowest BCUT2D eigenvalue weighted by Crippen LogP contribution is -2.39. The maximum Gasteiger partial charge on any atom is 0.130 e. The van der Waals surface area contributed by atoms with Gasteiger partial charge in [0.1, 0.15) is 11.6 Å². The van der Waals surface area contributed by atoms with E-state index < -0.39 is 11.6 Å². The Kier molecular flexibility index (Phi) is 5.49. The van der Waals surface area contributed by atoms with Gasteiger partial charge in [0.25, 0.3) is 0 Å². The van der Waals surface area contributed by atoms with E-state index in [1.807, 2.05) is 0 Å². The molecule has 2 rings (SSSR count). The minimum absolute atomic E-state index is 0.446. The second-order valence-corrected chi connectivity index (χ2v) is 6.12. The van der Waals surface area contributed by atoms with Crippen LogP contribution in [0.4, 0.5) is 8.78 Å². The fourth-order valence-corrected chi connectivity index (χ4v) is 2.84. The van der Waals surface area contributed by atoms with Gasteiger partial charge >= 0.3 is 0 Å². The first-order valence-electron chi connectivity index (χ1n) is 7.44. The summed E-state index contributed by atoms with van der Waals surface area (Å²) in [5.41, 5.74) is 0.574. The van der Waals surface area contributed by atoms with Crippen LogP contribution in [0, 0.1) is 17.6 Å². The molecule has 1 aromatic carbocycles. The van der Waals surface area contributed by atoms with Crippen LogP contribution in [0.1, 0.15) is 32.3 Å². The predicted octanol–water partition coefficient (Wildman–Crippen LogP) is 3.17. The minimum atomic E-state index is -0.515. The lowest BCUT2D eigenvalue weighted by atomic mass is 10.1. The monoisotopic (exact) mass is 282 g/mol. The van der Waals surface area contributed by atoms with Gasteiger partial charge in [0.15, 0.2) is 0 Å². The number of benzene rings is 1. The van der Waals surface area contributed by atoms with Crippen molar-refractivity contribution in [1.82, 2.24) is 10.2 Å². The van der Waals surface area contributed by atoms with Crippen molar-refractivity contribution in [3.8, 4) is 0 Å². The maximum atomic E-state index is 13.8. The van der Waals surface area contributed by atoms with Crippen LogP contribution in [-0.4, -0.2) is 30.6 Å². The van der Waals surface area contributed by atoms with E-state index in [0.29, 0.717) is 24.1 Å². The van der Waals surface area contributed by atoms with E-state index in [9.17, 15) is 8.78 Å². The van der Waals surface area contributed by atoms with Gasteiger partial charge in [-0.1, -0.05) is 19.9 Å². The van der Waals surface area contributed by atoms with E-state index in [4.69, 9.17) is 0 Å². The Balaban J connectivity index is 2.01. The highest BCUT2D eigenvalue weighted by Gasteiger charge is 2.19. The summed E-state index contributed by atoms with van der Waals surface area (Å²) in [5.74, 6) is -0.433. The van der Waals surface area contributed by atoms with Crippen LogP contribution in [0.15, 0.2) is 18.2 Å². The molecule has 1 aromatic rings. The van der Waals surface area contributed by atoms with E-state index in [0.717, 1.165) is 25.7 Å². The molecular weight excluding hydrogens is 258 g/mol. The SMILES string of the molecule is CC(C)CN(Cc1ccc(F)cc1F)CC1CCCN1. The third kappa shape index (κ3) is 4.53. The first-order chi connectivity index (χ1) is 9.54. The summed E-state index contributed by atoms with van der Waals surface area (Å²) in [4.78, 5) is 2.27. The van der Waals surface area contributed by atoms with Crippen molar-refractivity contribution >= 4 is 0 Å². The first-order valence-corrected chi connectivity index (χ1v) is 7.44. The van der Waals surface area contributed by atoms with Crippen molar-refractivity contribution in [2.45, 2.75) is 39.3 Å². The van der Waals surface area contributed by atoms with Gasteiger partial charge in [-0.25, -0.2) is 8.78 Å². The van der Waals surface area contributed by atoms with Crippen molar-refractivity contribution < 1.29 is 8.78 Å². The second-order valence-electron chi connectivity index (χ2n) is 6.12. The van der Waals surface area contributed by atoms with Gasteiger partial charge in [0.2, 0.25) is 0 Å². The zero-order chi connectivity index (χ0) is 14.5. The Morgan fingerprint density at radius 2 is 2.15 bits per heavy atom. The number of hydrogen-bond donors (Lipinski definition) is 1. The summed E-state index contributed by atoms with van der Waals surface area (Å²) in [6.07, 6.45) is 2.39. The van der Waals surface area contributed by atoms with Crippen molar-refractivity contribution in [2.24, 2.45) is 5.92 Å². The Labute approximate surface area is 120 Å². The molecule has 4 heteroatoms. The van der Waals surface area contributed by atoms with Crippen LogP contribution in [0.5, 0.6) is 0 Å². The van der Waals surface area contributed by atoms with Crippen LogP contribution in [0.25, 0.3) is 0 Å². The van der Waals surface area contributed by atoms with Gasteiger partial charge < -0.3 is 5.32 Å². The summed E-state index contributed by atoms with van der Waals surface area (Å²) in [6.45, 7) is 7.80. The van der Waals surface area contributed by atoms with Gasteiger partial charge in [-0.3, -0.25) is 4.90 Å². The molecule has 1 saturated heterocycles. The molecule has 1 unspecified atom stereocenters. The molecule has 1 aliphatic heterocycles. The van der Waals surface area contributed by atoms with Gasteiger partial charge in [0.05, 0.1) is 0 Å². The second kappa shape index (κ2) is 7.14. The predicted molar refractivity (Wildman–Crippen MR) is 77.5 cm³/mol. The number of rotatable bonds is 6. The van der Waals surface area contributed by atoms with Crippen LogP contribution >= 0.6 is 0 Å². The Morgan fingerprint density at radius 3 is 2.75 bits per heavy atom. The molecule has 112 valence electrons. The van der Waals surface area contributed by atoms with E-state index in [1.165, 1.54) is 18.9 Å². The molecule has 20 heavy (non-hydrogen) atoms. The molecule has 0 aliphatic carbocycles. The van der Waals surface area contributed by atoms with Crippen molar-refractivity contribution in [3.05, 3.63) is 35.4 Å². The molecular formula is C16H24F2N2. The maximum absolute atomic E-state index is 13.8. The smallest absolute Gasteiger partial charge is 0.130 e. The first kappa shape index (κ1) is 15.4. The standard InChI is InChI=1S/C16H24F2N2/c1-12(2)9-20(11-15-4-3-7-19-15)10-13-5-6-14(17)8-16(13)18/h5-6,8,12,15,19H,3-4,7,9-11H2,1-2H3. The van der Waals surface area contributed by atoms with Crippen LogP contribution in [0.3, 0.4) is 0 Å². The molecule has 1 aliphatic rings. The van der Waals surface area contributed by atoms with E-state index in [-0.39, 0.29) is 0 Å². The van der Waals surface area contributed by atoms with Gasteiger partial charge in [-0.2, -0.15) is 0 Å². The molecule has 0 aromatic heterocycles. The molecule has 1 heterocycles. The minimum Gasteiger partial charge on any atom is -0.313 e. The van der Waals surface area contributed by atoms with Crippen molar-refractivity contribution in [1.29, 1.82) is 0 Å². The molecule has 1 atom stereocenters. The summed E-state index contributed by atoms with van der Waals surface area (Å²) < 4.78 is 26.7. The van der Waals surface area contributed by atoms with Crippen LogP contribution in [0.2, 0.25) is 0 Å². The largest absolute Gasteiger partial charge is 0.313 e. The summed E-state index contributed by atoms with van der Waals surface area (Å²) >= 11 is 0. The Morgan fingerprint density at radius 1 is 1.35 bits per heavy atom. The van der Waals surface area contributed by atoms with Crippen LogP contribution in [-0.2, 0) is 6.54 Å². The van der Waals surface area contributed by atoms with Crippen molar-refractivity contribution in [3.63, 3.8) is 0 Å². The highest BCUT2D eigenvalue weighted by Crippen LogP contribution is 2.15. The summed E-state index contributed by atoms with van der Waals surface area (Å²) in [6, 6.07) is 4.36. The normalized spacial score (nSPS) is 19.2. The number of halogens is 2.